The number of hydrogen-bond acceptors (Lipinski definition) is 3. The predicted molar refractivity (Wildman–Crippen MR) is 81.1 cm³/mol. The Labute approximate surface area is 124 Å². The van der Waals surface area contributed by atoms with E-state index in [0.717, 1.165) is 35.5 Å². The average Bonchev–Trinajstić information content (AvgIpc) is 2.79. The molecule has 0 amide bonds. The van der Waals surface area contributed by atoms with E-state index >= 15 is 0 Å². The molecule has 0 saturated carbocycles. The highest BCUT2D eigenvalue weighted by molar-refractivity contribution is 6.32. The van der Waals surface area contributed by atoms with Crippen LogP contribution in [0.5, 0.6) is 5.75 Å². The number of hydrogen-bond donors (Lipinski definition) is 1. The quantitative estimate of drug-likeness (QED) is 0.891. The number of nitrogens with zero attached hydrogens (tertiary/aromatic N) is 2. The first-order chi connectivity index (χ1) is 9.65. The fraction of sp³-hybridized carbons (Fsp3) is 0.400. The van der Waals surface area contributed by atoms with Gasteiger partial charge < -0.3 is 10.5 Å². The van der Waals surface area contributed by atoms with Crippen molar-refractivity contribution in [1.82, 2.24) is 9.78 Å². The summed E-state index contributed by atoms with van der Waals surface area (Å²) in [6.45, 7) is 3.10. The van der Waals surface area contributed by atoms with E-state index in [1.165, 1.54) is 0 Å². The summed E-state index contributed by atoms with van der Waals surface area (Å²) in [4.78, 5) is 0. The minimum absolute atomic E-state index is 0.449. The summed E-state index contributed by atoms with van der Waals surface area (Å²) in [6, 6.07) is 7.80. The van der Waals surface area contributed by atoms with Gasteiger partial charge in [0.25, 0.3) is 0 Å². The van der Waals surface area contributed by atoms with E-state index in [1.807, 2.05) is 29.9 Å². The van der Waals surface area contributed by atoms with Gasteiger partial charge >= 0.3 is 0 Å². The maximum absolute atomic E-state index is 6.22. The van der Waals surface area contributed by atoms with E-state index in [4.69, 9.17) is 22.1 Å². The molecule has 0 aliphatic heterocycles. The topological polar surface area (TPSA) is 53.1 Å². The predicted octanol–water partition coefficient (Wildman–Crippen LogP) is 2.72. The number of benzene rings is 1. The largest absolute Gasteiger partial charge is 0.485 e. The number of para-hydroxylation sites is 1. The van der Waals surface area contributed by atoms with Crippen LogP contribution in [0.15, 0.2) is 24.3 Å². The highest BCUT2D eigenvalue weighted by Gasteiger charge is 2.10. The molecule has 4 nitrogen and oxygen atoms in total. The summed E-state index contributed by atoms with van der Waals surface area (Å²) in [6.07, 6.45) is 1.67. The Hall–Kier alpha value is -1.52. The summed E-state index contributed by atoms with van der Waals surface area (Å²) in [5.74, 6) is 0.721. The highest BCUT2D eigenvalue weighted by Crippen LogP contribution is 2.29. The van der Waals surface area contributed by atoms with Crippen LogP contribution in [-0.4, -0.2) is 16.3 Å². The van der Waals surface area contributed by atoms with E-state index in [9.17, 15) is 0 Å². The van der Waals surface area contributed by atoms with Gasteiger partial charge in [-0.2, -0.15) is 5.10 Å². The minimum Gasteiger partial charge on any atom is -0.485 e. The third-order valence-corrected chi connectivity index (χ3v) is 3.51. The van der Waals surface area contributed by atoms with Gasteiger partial charge in [0.05, 0.1) is 16.4 Å². The van der Waals surface area contributed by atoms with Crippen LogP contribution in [0.1, 0.15) is 23.9 Å². The first kappa shape index (κ1) is 14.9. The molecule has 0 aliphatic rings. The van der Waals surface area contributed by atoms with Crippen LogP contribution in [0, 0.1) is 0 Å². The van der Waals surface area contributed by atoms with Crippen molar-refractivity contribution in [3.8, 4) is 5.75 Å². The maximum atomic E-state index is 6.22. The van der Waals surface area contributed by atoms with Gasteiger partial charge in [0.15, 0.2) is 0 Å². The Morgan fingerprint density at radius 3 is 2.85 bits per heavy atom. The van der Waals surface area contributed by atoms with Crippen molar-refractivity contribution in [1.29, 1.82) is 0 Å². The molecule has 0 radical (unpaired) electrons. The van der Waals surface area contributed by atoms with E-state index in [1.54, 1.807) is 0 Å². The lowest BCUT2D eigenvalue weighted by molar-refractivity contribution is 0.292. The monoisotopic (exact) mass is 293 g/mol. The summed E-state index contributed by atoms with van der Waals surface area (Å²) >= 11 is 6.22. The second-order valence-electron chi connectivity index (χ2n) is 4.66. The first-order valence-electron chi connectivity index (χ1n) is 6.77. The van der Waals surface area contributed by atoms with Crippen molar-refractivity contribution in [2.24, 2.45) is 12.8 Å². The van der Waals surface area contributed by atoms with Gasteiger partial charge in [-0.1, -0.05) is 30.7 Å². The van der Waals surface area contributed by atoms with Gasteiger partial charge in [-0.25, -0.2) is 0 Å². The van der Waals surface area contributed by atoms with Crippen LogP contribution in [-0.2, 0) is 26.5 Å². The molecule has 0 unspecified atom stereocenters. The molecule has 1 aromatic heterocycles. The molecule has 20 heavy (non-hydrogen) atoms. The Bertz CT molecular complexity index is 580. The maximum Gasteiger partial charge on any atom is 0.141 e. The Balaban J connectivity index is 2.15. The third-order valence-electron chi connectivity index (χ3n) is 3.22. The van der Waals surface area contributed by atoms with Crippen LogP contribution < -0.4 is 10.5 Å². The van der Waals surface area contributed by atoms with Crippen LogP contribution in [0.3, 0.4) is 0 Å². The molecule has 0 saturated heterocycles. The zero-order valence-corrected chi connectivity index (χ0v) is 12.7. The van der Waals surface area contributed by atoms with E-state index in [0.29, 0.717) is 18.2 Å². The summed E-state index contributed by atoms with van der Waals surface area (Å²) in [5.41, 5.74) is 8.75. The Morgan fingerprint density at radius 2 is 2.20 bits per heavy atom. The van der Waals surface area contributed by atoms with Crippen molar-refractivity contribution >= 4 is 11.6 Å². The summed E-state index contributed by atoms with van der Waals surface area (Å²) < 4.78 is 7.74. The zero-order valence-electron chi connectivity index (χ0n) is 11.9. The van der Waals surface area contributed by atoms with Gasteiger partial charge in [-0.3, -0.25) is 4.68 Å². The summed E-state index contributed by atoms with van der Waals surface area (Å²) in [5, 5.41) is 5.03. The van der Waals surface area contributed by atoms with Crippen LogP contribution >= 0.6 is 11.6 Å². The second-order valence-corrected chi connectivity index (χ2v) is 5.07. The molecule has 0 fully saturated rings. The number of ether oxygens (including phenoxy) is 1. The minimum atomic E-state index is 0.449. The number of aromatic nitrogens is 2. The molecular weight excluding hydrogens is 274 g/mol. The molecule has 2 aromatic rings. The SMILES string of the molecule is CCc1cc(COc2c(Cl)cccc2CCN)n(C)n1. The van der Waals surface area contributed by atoms with E-state index in [-0.39, 0.29) is 0 Å². The summed E-state index contributed by atoms with van der Waals surface area (Å²) in [7, 11) is 1.92. The smallest absolute Gasteiger partial charge is 0.141 e. The normalized spacial score (nSPS) is 10.8. The third kappa shape index (κ3) is 3.32. The van der Waals surface area contributed by atoms with Gasteiger partial charge in [0.1, 0.15) is 12.4 Å². The molecule has 2 rings (SSSR count). The van der Waals surface area contributed by atoms with Gasteiger partial charge in [0.2, 0.25) is 0 Å². The van der Waals surface area contributed by atoms with Crippen molar-refractivity contribution in [2.75, 3.05) is 6.54 Å². The standard InChI is InChI=1S/C15H20ClN3O/c1-3-12-9-13(19(2)18-12)10-20-15-11(7-8-17)5-4-6-14(15)16/h4-6,9H,3,7-8,10,17H2,1-2H3. The fourth-order valence-electron chi connectivity index (χ4n) is 2.09. The van der Waals surface area contributed by atoms with Crippen molar-refractivity contribution in [2.45, 2.75) is 26.4 Å². The lowest BCUT2D eigenvalue weighted by Crippen LogP contribution is -2.07. The molecule has 5 heteroatoms. The molecular formula is C15H20ClN3O. The molecule has 1 aromatic carbocycles. The first-order valence-corrected chi connectivity index (χ1v) is 7.15. The van der Waals surface area contributed by atoms with Crippen molar-refractivity contribution < 1.29 is 4.74 Å². The van der Waals surface area contributed by atoms with Crippen LogP contribution in [0.2, 0.25) is 5.02 Å². The van der Waals surface area contributed by atoms with Gasteiger partial charge in [-0.15, -0.1) is 0 Å². The molecule has 0 atom stereocenters. The molecule has 1 heterocycles. The number of nitrogens with two attached hydrogens (primary N) is 1. The number of aryl methyl sites for hydroxylation is 2. The molecule has 108 valence electrons. The van der Waals surface area contributed by atoms with Gasteiger partial charge in [0, 0.05) is 7.05 Å². The molecule has 0 spiro atoms. The van der Waals surface area contributed by atoms with Gasteiger partial charge in [-0.05, 0) is 37.1 Å². The van der Waals surface area contributed by atoms with E-state index in [2.05, 4.69) is 18.1 Å². The highest BCUT2D eigenvalue weighted by atomic mass is 35.5. The Kier molecular flexibility index (Phi) is 5.04. The molecule has 0 bridgehead atoms. The second kappa shape index (κ2) is 6.77. The number of halogens is 1. The van der Waals surface area contributed by atoms with Crippen molar-refractivity contribution in [3.63, 3.8) is 0 Å². The Morgan fingerprint density at radius 1 is 1.40 bits per heavy atom. The zero-order chi connectivity index (χ0) is 14.5. The fourth-order valence-corrected chi connectivity index (χ4v) is 2.34. The lowest BCUT2D eigenvalue weighted by Gasteiger charge is -2.12. The van der Waals surface area contributed by atoms with Crippen LogP contribution in [0.4, 0.5) is 0 Å². The lowest BCUT2D eigenvalue weighted by atomic mass is 10.1. The van der Waals surface area contributed by atoms with E-state index < -0.39 is 0 Å². The molecule has 0 aliphatic carbocycles. The molecule has 2 N–H and O–H groups in total. The number of rotatable bonds is 6. The van der Waals surface area contributed by atoms with Crippen LogP contribution in [0.25, 0.3) is 0 Å². The average molecular weight is 294 g/mol. The van der Waals surface area contributed by atoms with Crippen molar-refractivity contribution in [3.05, 3.63) is 46.2 Å².